The molecule has 0 bridgehead atoms. The smallest absolute Gasteiger partial charge is 0.306 e. The van der Waals surface area contributed by atoms with Crippen molar-refractivity contribution >= 4 is 57.5 Å². The number of halogens is 2. The molecule has 12 heteroatoms. The number of aliphatic carboxylic acids is 1. The first-order chi connectivity index (χ1) is 23.5. The van der Waals surface area contributed by atoms with Crippen LogP contribution in [0.5, 0.6) is 0 Å². The molecule has 0 spiro atoms. The molecule has 1 unspecified atom stereocenters. The molecule has 3 aliphatic rings. The quantitative estimate of drug-likeness (QED) is 0.239. The Morgan fingerprint density at radius 1 is 0.939 bits per heavy atom. The molecular formula is C37H47Cl2N5O5. The highest BCUT2D eigenvalue weighted by atomic mass is 35.5. The predicted molar refractivity (Wildman–Crippen MR) is 192 cm³/mol. The Hall–Kier alpha value is -2.99. The summed E-state index contributed by atoms with van der Waals surface area (Å²) in [5.74, 6) is -2.88. The van der Waals surface area contributed by atoms with E-state index in [1.54, 1.807) is 18.3 Å². The maximum atomic E-state index is 14.9. The van der Waals surface area contributed by atoms with Crippen LogP contribution < -0.4 is 5.32 Å². The molecule has 10 nitrogen and oxygen atoms in total. The normalized spacial score (nSPS) is 22.4. The molecule has 1 amide bonds. The van der Waals surface area contributed by atoms with Crippen LogP contribution >= 0.6 is 23.2 Å². The average Bonchev–Trinajstić information content (AvgIpc) is 3.75. The van der Waals surface area contributed by atoms with E-state index in [1.165, 1.54) is 0 Å². The van der Waals surface area contributed by atoms with Gasteiger partial charge in [-0.25, -0.2) is 0 Å². The summed E-state index contributed by atoms with van der Waals surface area (Å²) in [5.41, 5.74) is 2.38. The van der Waals surface area contributed by atoms with E-state index in [4.69, 9.17) is 27.9 Å². The molecule has 264 valence electrons. The number of aromatic nitrogens is 1. The minimum absolute atomic E-state index is 0.0124. The lowest BCUT2D eigenvalue weighted by Crippen LogP contribution is -2.71. The number of anilines is 1. The number of Topliss-reactive ketones (excluding diaryl/α,β-unsaturated/α-hetero) is 1. The number of carbonyl (C=O) groups excluding carboxylic acids is 2. The fourth-order valence-electron chi connectivity index (χ4n) is 7.81. The number of carbonyl (C=O) groups is 3. The number of rotatable bonds is 11. The summed E-state index contributed by atoms with van der Waals surface area (Å²) in [4.78, 5) is 46.8. The highest BCUT2D eigenvalue weighted by Gasteiger charge is 2.53. The molecule has 6 rings (SSSR count). The molecule has 49 heavy (non-hydrogen) atoms. The number of carboxylic acid groups (broad SMARTS) is 1. The third kappa shape index (κ3) is 7.41. The second-order valence-corrected chi connectivity index (χ2v) is 14.8. The molecule has 3 fully saturated rings. The van der Waals surface area contributed by atoms with Crippen LogP contribution in [0.3, 0.4) is 0 Å². The molecule has 2 aromatic carbocycles. The van der Waals surface area contributed by atoms with E-state index in [0.29, 0.717) is 66.7 Å². The van der Waals surface area contributed by atoms with E-state index < -0.39 is 11.8 Å². The van der Waals surface area contributed by atoms with Crippen LogP contribution in [0.15, 0.2) is 42.6 Å². The van der Waals surface area contributed by atoms with Crippen LogP contribution in [0.25, 0.3) is 10.9 Å². The lowest BCUT2D eigenvalue weighted by molar-refractivity contribution is -0.261. The number of para-hydroxylation sites is 1. The minimum Gasteiger partial charge on any atom is -0.481 e. The standard InChI is InChI=1S/C37H47Cl2N5O5/c1-24(2)42-16-18-44(19-17-42)37(43-14-6-7-15-43,49-27-12-10-25(11-13-27)36(47)48)34(45)21-26-20-31(39)32(22-30(26)38)40-35(46)29-23-41(3)33-9-5-4-8-28(29)33/h4-5,8-9,20,22-25,27H,6-7,10-19,21H2,1-3H3,(H,40,46)(H,47,48). The van der Waals surface area contributed by atoms with Crippen LogP contribution in [0.1, 0.15) is 68.3 Å². The first-order valence-electron chi connectivity index (χ1n) is 17.5. The van der Waals surface area contributed by atoms with Crippen molar-refractivity contribution < 1.29 is 24.2 Å². The Kier molecular flexibility index (Phi) is 11.0. The predicted octanol–water partition coefficient (Wildman–Crippen LogP) is 6.28. The zero-order valence-electron chi connectivity index (χ0n) is 28.6. The number of ketones is 1. The summed E-state index contributed by atoms with van der Waals surface area (Å²) in [7, 11) is 1.89. The number of amides is 1. The number of nitrogens with one attached hydrogen (secondary N) is 1. The van der Waals surface area contributed by atoms with Gasteiger partial charge in [-0.2, -0.15) is 0 Å². The number of piperazine rings is 1. The molecule has 2 N–H and O–H groups in total. The second-order valence-electron chi connectivity index (χ2n) is 14.0. The molecule has 3 heterocycles. The number of benzene rings is 2. The third-order valence-corrected chi connectivity index (χ3v) is 11.3. The number of ether oxygens (including phenoxy) is 1. The van der Waals surface area contributed by atoms with Crippen molar-refractivity contribution in [3.05, 3.63) is 63.8 Å². The second kappa shape index (κ2) is 15.1. The van der Waals surface area contributed by atoms with Crippen molar-refractivity contribution in [1.82, 2.24) is 19.3 Å². The molecule has 0 radical (unpaired) electrons. The topological polar surface area (TPSA) is 107 Å². The number of fused-ring (bicyclic) bond motifs is 1. The first kappa shape index (κ1) is 35.8. The Morgan fingerprint density at radius 2 is 1.59 bits per heavy atom. The van der Waals surface area contributed by atoms with Gasteiger partial charge in [0, 0.05) is 80.9 Å². The summed E-state index contributed by atoms with van der Waals surface area (Å²) in [6.07, 6.45) is 5.69. The number of nitrogens with zero attached hydrogens (tertiary/aromatic N) is 4. The van der Waals surface area contributed by atoms with Gasteiger partial charge in [0.25, 0.3) is 5.91 Å². The van der Waals surface area contributed by atoms with Crippen molar-refractivity contribution in [2.75, 3.05) is 44.6 Å². The highest BCUT2D eigenvalue weighted by Crippen LogP contribution is 2.38. The van der Waals surface area contributed by atoms with E-state index in [9.17, 15) is 19.5 Å². The van der Waals surface area contributed by atoms with E-state index in [0.717, 1.165) is 49.9 Å². The number of hydrogen-bond donors (Lipinski definition) is 2. The number of aryl methyl sites for hydroxylation is 1. The molecule has 1 aromatic heterocycles. The molecule has 2 aliphatic heterocycles. The molecule has 1 aliphatic carbocycles. The first-order valence-corrected chi connectivity index (χ1v) is 18.2. The largest absolute Gasteiger partial charge is 0.481 e. The maximum Gasteiger partial charge on any atom is 0.306 e. The van der Waals surface area contributed by atoms with Gasteiger partial charge in [0.15, 0.2) is 5.78 Å². The van der Waals surface area contributed by atoms with Crippen molar-refractivity contribution in [2.45, 2.75) is 76.8 Å². The summed E-state index contributed by atoms with van der Waals surface area (Å²) >= 11 is 13.6. The Balaban J connectivity index is 1.28. The van der Waals surface area contributed by atoms with Gasteiger partial charge in [-0.1, -0.05) is 41.4 Å². The van der Waals surface area contributed by atoms with Crippen LogP contribution in [-0.2, 0) is 27.8 Å². The van der Waals surface area contributed by atoms with E-state index in [2.05, 4.69) is 33.9 Å². The average molecular weight is 713 g/mol. The van der Waals surface area contributed by atoms with E-state index >= 15 is 0 Å². The van der Waals surface area contributed by atoms with Crippen LogP contribution in [-0.4, -0.2) is 99.3 Å². The van der Waals surface area contributed by atoms with E-state index in [-0.39, 0.29) is 35.2 Å². The monoisotopic (exact) mass is 711 g/mol. The van der Waals surface area contributed by atoms with Crippen molar-refractivity contribution in [2.24, 2.45) is 13.0 Å². The van der Waals surface area contributed by atoms with Gasteiger partial charge < -0.3 is 19.7 Å². The summed E-state index contributed by atoms with van der Waals surface area (Å²) < 4.78 is 8.95. The summed E-state index contributed by atoms with van der Waals surface area (Å²) in [5, 5.41) is 14.0. The molecule has 1 atom stereocenters. The lowest BCUT2D eigenvalue weighted by atomic mass is 9.87. The van der Waals surface area contributed by atoms with Gasteiger partial charge in [0.05, 0.1) is 28.3 Å². The van der Waals surface area contributed by atoms with Crippen molar-refractivity contribution in [3.8, 4) is 0 Å². The number of likely N-dealkylation sites (tertiary alicyclic amines) is 1. The zero-order valence-corrected chi connectivity index (χ0v) is 30.1. The van der Waals surface area contributed by atoms with Crippen LogP contribution in [0.4, 0.5) is 5.69 Å². The van der Waals surface area contributed by atoms with Crippen molar-refractivity contribution in [3.63, 3.8) is 0 Å². The molecule has 1 saturated carbocycles. The van der Waals surface area contributed by atoms with Crippen LogP contribution in [0.2, 0.25) is 10.0 Å². The van der Waals surface area contributed by atoms with Gasteiger partial charge in [0.2, 0.25) is 5.85 Å². The van der Waals surface area contributed by atoms with Gasteiger partial charge in [-0.3, -0.25) is 29.1 Å². The van der Waals surface area contributed by atoms with Gasteiger partial charge in [-0.15, -0.1) is 0 Å². The van der Waals surface area contributed by atoms with Crippen molar-refractivity contribution in [1.29, 1.82) is 0 Å². The fourth-order valence-corrected chi connectivity index (χ4v) is 8.27. The molecular weight excluding hydrogens is 665 g/mol. The van der Waals surface area contributed by atoms with Gasteiger partial charge >= 0.3 is 5.97 Å². The van der Waals surface area contributed by atoms with E-state index in [1.807, 2.05) is 35.9 Å². The fraction of sp³-hybridized carbons (Fsp3) is 0.541. The van der Waals surface area contributed by atoms with Crippen LogP contribution in [0, 0.1) is 5.92 Å². The zero-order chi connectivity index (χ0) is 34.9. The summed E-state index contributed by atoms with van der Waals surface area (Å²) in [6.45, 7) is 8.79. The number of hydrogen-bond acceptors (Lipinski definition) is 7. The highest BCUT2D eigenvalue weighted by molar-refractivity contribution is 6.36. The third-order valence-electron chi connectivity index (χ3n) is 10.6. The van der Waals surface area contributed by atoms with Gasteiger partial charge in [-0.05, 0) is 76.1 Å². The lowest BCUT2D eigenvalue weighted by Gasteiger charge is -2.52. The SMILES string of the molecule is CC(C)N1CCN(C(OC2CCC(C(=O)O)CC2)(C(=O)Cc2cc(Cl)c(NC(=O)c3cn(C)c4ccccc34)cc2Cl)N2CCCC2)CC1. The number of carboxylic acids is 1. The summed E-state index contributed by atoms with van der Waals surface area (Å²) in [6, 6.07) is 11.4. The maximum absolute atomic E-state index is 14.9. The molecule has 3 aromatic rings. The Bertz CT molecular complexity index is 1690. The Labute approximate surface area is 298 Å². The molecule has 2 saturated heterocycles. The minimum atomic E-state index is -1.31. The Morgan fingerprint density at radius 3 is 2.24 bits per heavy atom. The van der Waals surface area contributed by atoms with Gasteiger partial charge in [0.1, 0.15) is 0 Å².